The van der Waals surface area contributed by atoms with Gasteiger partial charge in [0.25, 0.3) is 5.91 Å². The molecular weight excluding hydrogens is 397 g/mol. The van der Waals surface area contributed by atoms with Gasteiger partial charge in [0.1, 0.15) is 11.4 Å². The van der Waals surface area contributed by atoms with Gasteiger partial charge in [-0.1, -0.05) is 32.0 Å². The number of benzene rings is 1. The van der Waals surface area contributed by atoms with Crippen LogP contribution in [0.3, 0.4) is 0 Å². The normalized spacial score (nSPS) is 16.3. The zero-order chi connectivity index (χ0) is 21.6. The van der Waals surface area contributed by atoms with E-state index in [1.165, 1.54) is 18.1 Å². The molecule has 6 nitrogen and oxygen atoms in total. The lowest BCUT2D eigenvalue weighted by molar-refractivity contribution is -0.141. The minimum atomic E-state index is -4.56. The largest absolute Gasteiger partial charge is 0.496 e. The molecule has 2 aromatic heterocycles. The topological polar surface area (TPSA) is 71.1 Å². The van der Waals surface area contributed by atoms with Crippen molar-refractivity contribution in [1.29, 1.82) is 0 Å². The second-order valence-corrected chi connectivity index (χ2v) is 7.27. The average molecular weight is 416 g/mol. The van der Waals surface area contributed by atoms with Gasteiger partial charge in [0.2, 0.25) is 0 Å². The standard InChI is InChI=1S/C21H19F3N4O2/c1-11(2)17-16-18(27-26-17)20(29)28(12-8-9-15(25-10-12)21(22,23)24)19(16)13-6-4-5-7-14(13)30-3/h4-11,19H,1-3H3,(H,26,27). The maximum Gasteiger partial charge on any atom is 0.433 e. The fourth-order valence-electron chi connectivity index (χ4n) is 3.75. The van der Waals surface area contributed by atoms with Crippen LogP contribution in [0.15, 0.2) is 42.6 Å². The monoisotopic (exact) mass is 416 g/mol. The number of amides is 1. The van der Waals surface area contributed by atoms with Gasteiger partial charge in [0.15, 0.2) is 5.69 Å². The second kappa shape index (κ2) is 7.16. The molecule has 0 saturated carbocycles. The van der Waals surface area contributed by atoms with Crippen LogP contribution in [0, 0.1) is 0 Å². The number of methoxy groups -OCH3 is 1. The van der Waals surface area contributed by atoms with Crippen LogP contribution in [0.25, 0.3) is 0 Å². The Morgan fingerprint density at radius 2 is 1.90 bits per heavy atom. The second-order valence-electron chi connectivity index (χ2n) is 7.27. The molecule has 1 amide bonds. The molecule has 1 aliphatic rings. The number of carbonyl (C=O) groups excluding carboxylic acids is 1. The number of aromatic nitrogens is 3. The number of ether oxygens (including phenoxy) is 1. The van der Waals surface area contributed by atoms with Gasteiger partial charge in [-0.3, -0.25) is 14.8 Å². The summed E-state index contributed by atoms with van der Waals surface area (Å²) in [7, 11) is 1.53. The summed E-state index contributed by atoms with van der Waals surface area (Å²) in [5, 5.41) is 7.15. The maximum atomic E-state index is 13.3. The number of rotatable bonds is 4. The van der Waals surface area contributed by atoms with Crippen molar-refractivity contribution >= 4 is 11.6 Å². The smallest absolute Gasteiger partial charge is 0.433 e. The van der Waals surface area contributed by atoms with E-state index < -0.39 is 23.8 Å². The summed E-state index contributed by atoms with van der Waals surface area (Å²) in [5.74, 6) is 0.200. The number of alkyl halides is 3. The van der Waals surface area contributed by atoms with Crippen molar-refractivity contribution in [3.05, 3.63) is 70.8 Å². The molecule has 30 heavy (non-hydrogen) atoms. The fraction of sp³-hybridized carbons (Fsp3) is 0.286. The summed E-state index contributed by atoms with van der Waals surface area (Å²) < 4.78 is 44.3. The van der Waals surface area contributed by atoms with Gasteiger partial charge in [-0.15, -0.1) is 0 Å². The quantitative estimate of drug-likeness (QED) is 0.669. The van der Waals surface area contributed by atoms with Crippen molar-refractivity contribution in [1.82, 2.24) is 15.2 Å². The van der Waals surface area contributed by atoms with Crippen LogP contribution in [0.1, 0.15) is 58.8 Å². The number of aromatic amines is 1. The first-order chi connectivity index (χ1) is 14.2. The van der Waals surface area contributed by atoms with Crippen molar-refractivity contribution in [3.63, 3.8) is 0 Å². The van der Waals surface area contributed by atoms with Gasteiger partial charge in [-0.2, -0.15) is 18.3 Å². The molecule has 1 aliphatic heterocycles. The van der Waals surface area contributed by atoms with Crippen molar-refractivity contribution < 1.29 is 22.7 Å². The van der Waals surface area contributed by atoms with E-state index in [4.69, 9.17) is 4.74 Å². The van der Waals surface area contributed by atoms with Crippen LogP contribution >= 0.6 is 0 Å². The van der Waals surface area contributed by atoms with E-state index in [0.717, 1.165) is 18.0 Å². The molecule has 0 bridgehead atoms. The molecule has 3 aromatic rings. The molecule has 0 aliphatic carbocycles. The lowest BCUT2D eigenvalue weighted by Crippen LogP contribution is -2.30. The van der Waals surface area contributed by atoms with Crippen molar-refractivity contribution in [2.45, 2.75) is 32.0 Å². The van der Waals surface area contributed by atoms with Crippen molar-refractivity contribution in [2.75, 3.05) is 12.0 Å². The van der Waals surface area contributed by atoms with E-state index in [-0.39, 0.29) is 17.3 Å². The minimum absolute atomic E-state index is 0.0527. The molecule has 9 heteroatoms. The molecule has 1 unspecified atom stereocenters. The molecule has 0 fully saturated rings. The number of anilines is 1. The van der Waals surface area contributed by atoms with E-state index in [0.29, 0.717) is 16.9 Å². The number of hydrogen-bond acceptors (Lipinski definition) is 4. The highest BCUT2D eigenvalue weighted by Crippen LogP contribution is 2.46. The number of carbonyl (C=O) groups is 1. The van der Waals surface area contributed by atoms with E-state index in [1.807, 2.05) is 32.0 Å². The number of para-hydroxylation sites is 1. The van der Waals surface area contributed by atoms with Gasteiger partial charge in [-0.05, 0) is 24.1 Å². The Hall–Kier alpha value is -3.36. The predicted octanol–water partition coefficient (Wildman–Crippen LogP) is 4.71. The Bertz CT molecular complexity index is 1090. The van der Waals surface area contributed by atoms with Crippen LogP contribution in [0.2, 0.25) is 0 Å². The first-order valence-corrected chi connectivity index (χ1v) is 9.32. The number of hydrogen-bond donors (Lipinski definition) is 1. The highest BCUT2D eigenvalue weighted by molar-refractivity contribution is 6.10. The third kappa shape index (κ3) is 3.10. The molecule has 1 atom stereocenters. The van der Waals surface area contributed by atoms with Crippen LogP contribution in [0.4, 0.5) is 18.9 Å². The summed E-state index contributed by atoms with van der Waals surface area (Å²) in [6.07, 6.45) is -3.50. The number of pyridine rings is 1. The molecule has 3 heterocycles. The predicted molar refractivity (Wildman–Crippen MR) is 104 cm³/mol. The average Bonchev–Trinajstić information content (AvgIpc) is 3.26. The third-order valence-corrected chi connectivity index (χ3v) is 5.11. The van der Waals surface area contributed by atoms with Crippen molar-refractivity contribution in [3.8, 4) is 5.75 Å². The van der Waals surface area contributed by atoms with Gasteiger partial charge >= 0.3 is 6.18 Å². The molecular formula is C21H19F3N4O2. The van der Waals surface area contributed by atoms with Crippen LogP contribution < -0.4 is 9.64 Å². The number of nitrogens with zero attached hydrogens (tertiary/aromatic N) is 3. The molecule has 0 radical (unpaired) electrons. The summed E-state index contributed by atoms with van der Waals surface area (Å²) in [6.45, 7) is 3.94. The summed E-state index contributed by atoms with van der Waals surface area (Å²) >= 11 is 0. The van der Waals surface area contributed by atoms with Gasteiger partial charge in [0, 0.05) is 16.8 Å². The van der Waals surface area contributed by atoms with Crippen molar-refractivity contribution in [2.24, 2.45) is 0 Å². The highest BCUT2D eigenvalue weighted by atomic mass is 19.4. The van der Waals surface area contributed by atoms with E-state index in [9.17, 15) is 18.0 Å². The number of nitrogens with one attached hydrogen (secondary N) is 1. The van der Waals surface area contributed by atoms with E-state index in [1.54, 1.807) is 6.07 Å². The molecule has 1 N–H and O–H groups in total. The SMILES string of the molecule is COc1ccccc1C1c2c(n[nH]c2C(C)C)C(=O)N1c1ccc(C(F)(F)F)nc1. The molecule has 0 spiro atoms. The maximum absolute atomic E-state index is 13.3. The van der Waals surface area contributed by atoms with Gasteiger partial charge < -0.3 is 4.74 Å². The lowest BCUT2D eigenvalue weighted by atomic mass is 9.94. The Balaban J connectivity index is 1.90. The minimum Gasteiger partial charge on any atom is -0.496 e. The first kappa shape index (κ1) is 19.9. The Morgan fingerprint density at radius 1 is 1.17 bits per heavy atom. The zero-order valence-corrected chi connectivity index (χ0v) is 16.5. The van der Waals surface area contributed by atoms with Gasteiger partial charge in [0.05, 0.1) is 25.0 Å². The molecule has 156 valence electrons. The summed E-state index contributed by atoms with van der Waals surface area (Å²) in [5.41, 5.74) is 1.66. The van der Waals surface area contributed by atoms with E-state index in [2.05, 4.69) is 15.2 Å². The Labute approximate surface area is 170 Å². The summed E-state index contributed by atoms with van der Waals surface area (Å²) in [4.78, 5) is 18.2. The Morgan fingerprint density at radius 3 is 2.50 bits per heavy atom. The number of halogens is 3. The number of fused-ring (bicyclic) bond motifs is 1. The molecule has 0 saturated heterocycles. The summed E-state index contributed by atoms with van der Waals surface area (Å²) in [6, 6.07) is 8.73. The molecule has 1 aromatic carbocycles. The Kier molecular flexibility index (Phi) is 4.76. The lowest BCUT2D eigenvalue weighted by Gasteiger charge is -2.28. The van der Waals surface area contributed by atoms with Gasteiger partial charge in [-0.25, -0.2) is 4.98 Å². The highest BCUT2D eigenvalue weighted by Gasteiger charge is 2.45. The zero-order valence-electron chi connectivity index (χ0n) is 16.5. The fourth-order valence-corrected chi connectivity index (χ4v) is 3.75. The van der Waals surface area contributed by atoms with E-state index >= 15 is 0 Å². The first-order valence-electron chi connectivity index (χ1n) is 9.32. The number of H-pyrrole nitrogens is 1. The molecule has 4 rings (SSSR count). The van der Waals surface area contributed by atoms with Crippen LogP contribution in [-0.2, 0) is 6.18 Å². The third-order valence-electron chi connectivity index (χ3n) is 5.11. The van der Waals surface area contributed by atoms with Crippen LogP contribution in [-0.4, -0.2) is 28.2 Å². The van der Waals surface area contributed by atoms with Crippen LogP contribution in [0.5, 0.6) is 5.75 Å².